The van der Waals surface area contributed by atoms with Gasteiger partial charge in [0.1, 0.15) is 0 Å². The van der Waals surface area contributed by atoms with Crippen LogP contribution in [0.2, 0.25) is 0 Å². The van der Waals surface area contributed by atoms with Gasteiger partial charge in [0, 0.05) is 13.1 Å². The van der Waals surface area contributed by atoms with Crippen molar-refractivity contribution in [3.05, 3.63) is 0 Å². The zero-order valence-corrected chi connectivity index (χ0v) is 18.1. The molecule has 0 aliphatic carbocycles. The third-order valence-electron chi connectivity index (χ3n) is 5.37. The van der Waals surface area contributed by atoms with Gasteiger partial charge in [-0.25, -0.2) is 4.79 Å². The fraction of sp³-hybridized carbons (Fsp3) is 0.957. The molecule has 0 spiro atoms. The first kappa shape index (κ1) is 25.3. The van der Waals surface area contributed by atoms with E-state index in [2.05, 4.69) is 13.8 Å². The van der Waals surface area contributed by atoms with Gasteiger partial charge in [0.25, 0.3) is 0 Å². The van der Waals surface area contributed by atoms with Crippen molar-refractivity contribution >= 4 is 6.03 Å². The first-order chi connectivity index (χ1) is 12.7. The molecule has 0 aromatic heterocycles. The van der Waals surface area contributed by atoms with Gasteiger partial charge in [-0.3, -0.25) is 0 Å². The summed E-state index contributed by atoms with van der Waals surface area (Å²) in [4.78, 5) is 13.4. The summed E-state index contributed by atoms with van der Waals surface area (Å²) in [5, 5.41) is 0. The molecule has 26 heavy (non-hydrogen) atoms. The monoisotopic (exact) mass is 368 g/mol. The quantitative estimate of drug-likeness (QED) is 0.223. The van der Waals surface area contributed by atoms with E-state index in [4.69, 9.17) is 5.73 Å². The fourth-order valence-corrected chi connectivity index (χ4v) is 3.56. The Labute approximate surface area is 164 Å². The zero-order valence-electron chi connectivity index (χ0n) is 18.1. The van der Waals surface area contributed by atoms with Crippen molar-refractivity contribution in [1.82, 2.24) is 4.90 Å². The molecule has 0 aromatic carbocycles. The van der Waals surface area contributed by atoms with Crippen LogP contribution < -0.4 is 5.73 Å². The Kier molecular flexibility index (Phi) is 20.0. The van der Waals surface area contributed by atoms with Crippen LogP contribution in [-0.2, 0) is 0 Å². The Balaban J connectivity index is 3.47. The first-order valence-corrected chi connectivity index (χ1v) is 11.8. The maximum Gasteiger partial charge on any atom is 0.314 e. The minimum Gasteiger partial charge on any atom is -0.351 e. The molecular weight excluding hydrogens is 320 g/mol. The number of carbonyl (C=O) groups excluding carboxylic acids is 1. The lowest BCUT2D eigenvalue weighted by Crippen LogP contribution is -2.37. The van der Waals surface area contributed by atoms with Crippen LogP contribution in [0.5, 0.6) is 0 Å². The highest BCUT2D eigenvalue weighted by atomic mass is 16.2. The highest BCUT2D eigenvalue weighted by Gasteiger charge is 2.08. The van der Waals surface area contributed by atoms with Gasteiger partial charge >= 0.3 is 6.03 Å². The van der Waals surface area contributed by atoms with Crippen molar-refractivity contribution in [3.8, 4) is 0 Å². The molecule has 0 heterocycles. The molecule has 3 heteroatoms. The van der Waals surface area contributed by atoms with Crippen molar-refractivity contribution in [2.45, 2.75) is 129 Å². The molecule has 0 radical (unpaired) electrons. The molecule has 156 valence electrons. The van der Waals surface area contributed by atoms with Crippen molar-refractivity contribution in [1.29, 1.82) is 0 Å². The highest BCUT2D eigenvalue weighted by molar-refractivity contribution is 5.71. The number of nitrogens with two attached hydrogens (primary N) is 1. The van der Waals surface area contributed by atoms with Gasteiger partial charge in [0.05, 0.1) is 0 Å². The van der Waals surface area contributed by atoms with Gasteiger partial charge in [-0.2, -0.15) is 0 Å². The molecule has 0 unspecified atom stereocenters. The summed E-state index contributed by atoms with van der Waals surface area (Å²) in [6, 6.07) is -0.232. The van der Waals surface area contributed by atoms with E-state index in [9.17, 15) is 4.79 Å². The van der Waals surface area contributed by atoms with Gasteiger partial charge in [-0.1, -0.05) is 117 Å². The second kappa shape index (κ2) is 20.6. The summed E-state index contributed by atoms with van der Waals surface area (Å²) in [7, 11) is 0. The molecule has 0 rings (SSSR count). The predicted octanol–water partition coefficient (Wildman–Crippen LogP) is 7.43. The summed E-state index contributed by atoms with van der Waals surface area (Å²) in [6.07, 6.45) is 23.7. The summed E-state index contributed by atoms with van der Waals surface area (Å²) in [5.41, 5.74) is 5.54. The van der Waals surface area contributed by atoms with E-state index in [1.807, 2.05) is 4.90 Å². The number of hydrogen-bond donors (Lipinski definition) is 1. The van der Waals surface area contributed by atoms with Crippen molar-refractivity contribution in [2.75, 3.05) is 13.1 Å². The molecular formula is C23H48N2O. The van der Waals surface area contributed by atoms with Gasteiger partial charge in [-0.05, 0) is 12.8 Å². The molecule has 0 bridgehead atoms. The van der Waals surface area contributed by atoms with Crippen LogP contribution >= 0.6 is 0 Å². The molecule has 0 saturated heterocycles. The summed E-state index contributed by atoms with van der Waals surface area (Å²) in [6.45, 7) is 6.22. The van der Waals surface area contributed by atoms with Gasteiger partial charge in [0.2, 0.25) is 0 Å². The lowest BCUT2D eigenvalue weighted by atomic mass is 10.1. The molecule has 2 N–H and O–H groups in total. The molecule has 0 aliphatic heterocycles. The SMILES string of the molecule is CCCCCCCCCCCN(CCCCCCCCCCC)C(N)=O. The van der Waals surface area contributed by atoms with E-state index in [0.29, 0.717) is 0 Å². The third kappa shape index (κ3) is 18.1. The maximum atomic E-state index is 11.6. The number of primary amides is 1. The molecule has 0 saturated carbocycles. The minimum atomic E-state index is -0.232. The Morgan fingerprint density at radius 3 is 1.08 bits per heavy atom. The predicted molar refractivity (Wildman–Crippen MR) is 116 cm³/mol. The van der Waals surface area contributed by atoms with E-state index in [1.54, 1.807) is 0 Å². The third-order valence-corrected chi connectivity index (χ3v) is 5.37. The Morgan fingerprint density at radius 2 is 0.808 bits per heavy atom. The summed E-state index contributed by atoms with van der Waals surface area (Å²) >= 11 is 0. The average molecular weight is 369 g/mol. The lowest BCUT2D eigenvalue weighted by molar-refractivity contribution is 0.204. The Bertz CT molecular complexity index is 272. The topological polar surface area (TPSA) is 46.3 Å². The number of hydrogen-bond acceptors (Lipinski definition) is 1. The van der Waals surface area contributed by atoms with Crippen LogP contribution in [0.15, 0.2) is 0 Å². The molecule has 0 atom stereocenters. The van der Waals surface area contributed by atoms with Gasteiger partial charge < -0.3 is 10.6 Å². The smallest absolute Gasteiger partial charge is 0.314 e. The van der Waals surface area contributed by atoms with Crippen molar-refractivity contribution in [3.63, 3.8) is 0 Å². The maximum absolute atomic E-state index is 11.6. The van der Waals surface area contributed by atoms with E-state index < -0.39 is 0 Å². The van der Waals surface area contributed by atoms with Crippen LogP contribution in [0.4, 0.5) is 4.79 Å². The van der Waals surface area contributed by atoms with Crippen LogP contribution in [0, 0.1) is 0 Å². The van der Waals surface area contributed by atoms with Crippen LogP contribution in [0.25, 0.3) is 0 Å². The summed E-state index contributed by atoms with van der Waals surface area (Å²) in [5.74, 6) is 0. The molecule has 2 amide bonds. The lowest BCUT2D eigenvalue weighted by Gasteiger charge is -2.20. The molecule has 0 aliphatic rings. The number of carbonyl (C=O) groups is 1. The number of rotatable bonds is 20. The van der Waals surface area contributed by atoms with E-state index >= 15 is 0 Å². The van der Waals surface area contributed by atoms with Gasteiger partial charge in [0.15, 0.2) is 0 Å². The van der Waals surface area contributed by atoms with Crippen molar-refractivity contribution < 1.29 is 4.79 Å². The number of unbranched alkanes of at least 4 members (excludes halogenated alkanes) is 16. The molecule has 0 aromatic rings. The van der Waals surface area contributed by atoms with Crippen LogP contribution in [0.3, 0.4) is 0 Å². The second-order valence-electron chi connectivity index (χ2n) is 7.98. The van der Waals surface area contributed by atoms with E-state index in [0.717, 1.165) is 25.9 Å². The van der Waals surface area contributed by atoms with Crippen molar-refractivity contribution in [2.24, 2.45) is 5.73 Å². The van der Waals surface area contributed by atoms with E-state index in [-0.39, 0.29) is 6.03 Å². The second-order valence-corrected chi connectivity index (χ2v) is 7.98. The van der Waals surface area contributed by atoms with Crippen LogP contribution in [-0.4, -0.2) is 24.0 Å². The van der Waals surface area contributed by atoms with Gasteiger partial charge in [-0.15, -0.1) is 0 Å². The first-order valence-electron chi connectivity index (χ1n) is 11.8. The standard InChI is InChI=1S/C23H48N2O/c1-3-5-7-9-11-13-15-17-19-21-25(23(24)26)22-20-18-16-14-12-10-8-6-4-2/h3-22H2,1-2H3,(H2,24,26). The Hall–Kier alpha value is -0.730. The van der Waals surface area contributed by atoms with E-state index in [1.165, 1.54) is 103 Å². The highest BCUT2D eigenvalue weighted by Crippen LogP contribution is 2.12. The normalized spacial score (nSPS) is 11.0. The zero-order chi connectivity index (χ0) is 19.3. The average Bonchev–Trinajstić information content (AvgIpc) is 2.63. The van der Waals surface area contributed by atoms with Crippen LogP contribution in [0.1, 0.15) is 129 Å². The Morgan fingerprint density at radius 1 is 0.538 bits per heavy atom. The minimum absolute atomic E-state index is 0.232. The molecule has 0 fully saturated rings. The largest absolute Gasteiger partial charge is 0.351 e. The number of nitrogens with zero attached hydrogens (tertiary/aromatic N) is 1. The fourth-order valence-electron chi connectivity index (χ4n) is 3.56. The molecule has 3 nitrogen and oxygen atoms in total. The number of urea groups is 1. The summed E-state index contributed by atoms with van der Waals surface area (Å²) < 4.78 is 0. The number of amides is 2.